The fourth-order valence-corrected chi connectivity index (χ4v) is 2.43. The summed E-state index contributed by atoms with van der Waals surface area (Å²) in [7, 11) is 0. The van der Waals surface area contributed by atoms with Crippen LogP contribution in [-0.4, -0.2) is 11.8 Å². The second-order valence-electron chi connectivity index (χ2n) is 3.80. The molecule has 0 aliphatic rings. The summed E-state index contributed by atoms with van der Waals surface area (Å²) in [5.74, 6) is -0.800. The van der Waals surface area contributed by atoms with Crippen LogP contribution >= 0.6 is 22.9 Å². The number of amides is 2. The number of hydrazine groups is 1. The summed E-state index contributed by atoms with van der Waals surface area (Å²) in [5.41, 5.74) is 4.99. The van der Waals surface area contributed by atoms with E-state index in [2.05, 4.69) is 10.9 Å². The summed E-state index contributed by atoms with van der Waals surface area (Å²) in [6, 6.07) is 10.2. The lowest BCUT2D eigenvalue weighted by molar-refractivity contribution is 0.0849. The molecule has 0 aliphatic carbocycles. The van der Waals surface area contributed by atoms with Gasteiger partial charge in [0.25, 0.3) is 11.8 Å². The van der Waals surface area contributed by atoms with Gasteiger partial charge in [0.2, 0.25) is 0 Å². The monoisotopic (exact) mass is 294 g/mol. The Labute approximate surface area is 119 Å². The average Bonchev–Trinajstić information content (AvgIpc) is 2.83. The van der Waals surface area contributed by atoms with Gasteiger partial charge in [-0.2, -0.15) is 0 Å². The van der Waals surface area contributed by atoms with E-state index in [4.69, 9.17) is 11.6 Å². The van der Waals surface area contributed by atoms with Gasteiger partial charge in [-0.3, -0.25) is 20.4 Å². The highest BCUT2D eigenvalue weighted by molar-refractivity contribution is 7.13. The molecule has 2 amide bonds. The second-order valence-corrected chi connectivity index (χ2v) is 5.49. The number of aryl methyl sites for hydroxylation is 1. The quantitative estimate of drug-likeness (QED) is 0.837. The van der Waals surface area contributed by atoms with Crippen molar-refractivity contribution in [2.45, 2.75) is 6.92 Å². The SMILES string of the molecule is Cc1ccc(C(=O)NNC(=O)c2ccccc2Cl)s1. The van der Waals surface area contributed by atoms with Crippen LogP contribution in [0.2, 0.25) is 5.02 Å². The second kappa shape index (κ2) is 5.86. The Morgan fingerprint density at radius 1 is 1.05 bits per heavy atom. The van der Waals surface area contributed by atoms with E-state index < -0.39 is 5.91 Å². The van der Waals surface area contributed by atoms with Crippen LogP contribution in [0.4, 0.5) is 0 Å². The van der Waals surface area contributed by atoms with Gasteiger partial charge >= 0.3 is 0 Å². The van der Waals surface area contributed by atoms with Crippen LogP contribution in [0.5, 0.6) is 0 Å². The zero-order valence-corrected chi connectivity index (χ0v) is 11.6. The van der Waals surface area contributed by atoms with Crippen LogP contribution in [0.1, 0.15) is 24.9 Å². The molecule has 98 valence electrons. The van der Waals surface area contributed by atoms with Crippen molar-refractivity contribution < 1.29 is 9.59 Å². The first-order valence-corrected chi connectivity index (χ1v) is 6.69. The van der Waals surface area contributed by atoms with Crippen molar-refractivity contribution in [3.05, 3.63) is 56.7 Å². The van der Waals surface area contributed by atoms with Crippen molar-refractivity contribution in [2.24, 2.45) is 0 Å². The fourth-order valence-electron chi connectivity index (χ4n) is 1.44. The minimum atomic E-state index is -0.452. The minimum Gasteiger partial charge on any atom is -0.267 e. The van der Waals surface area contributed by atoms with Gasteiger partial charge in [0.05, 0.1) is 15.5 Å². The molecule has 6 heteroatoms. The summed E-state index contributed by atoms with van der Waals surface area (Å²) in [4.78, 5) is 25.1. The third-order valence-corrected chi connectivity index (χ3v) is 3.70. The van der Waals surface area contributed by atoms with E-state index in [9.17, 15) is 9.59 Å². The minimum absolute atomic E-state index is 0.312. The molecule has 0 aliphatic heterocycles. The number of carbonyl (C=O) groups excluding carboxylic acids is 2. The lowest BCUT2D eigenvalue weighted by Gasteiger charge is -2.07. The average molecular weight is 295 g/mol. The molecule has 0 saturated carbocycles. The predicted octanol–water partition coefficient (Wildman–Crippen LogP) is 2.78. The number of hydrogen-bond acceptors (Lipinski definition) is 3. The third-order valence-electron chi connectivity index (χ3n) is 2.37. The lowest BCUT2D eigenvalue weighted by Crippen LogP contribution is -2.41. The normalized spacial score (nSPS) is 10.0. The lowest BCUT2D eigenvalue weighted by atomic mass is 10.2. The van der Waals surface area contributed by atoms with Gasteiger partial charge in [-0.25, -0.2) is 0 Å². The van der Waals surface area contributed by atoms with Gasteiger partial charge in [0.1, 0.15) is 0 Å². The Morgan fingerprint density at radius 2 is 1.74 bits per heavy atom. The number of benzene rings is 1. The summed E-state index contributed by atoms with van der Waals surface area (Å²) in [6.45, 7) is 1.91. The summed E-state index contributed by atoms with van der Waals surface area (Å²) >= 11 is 7.24. The smallest absolute Gasteiger partial charge is 0.267 e. The van der Waals surface area contributed by atoms with Gasteiger partial charge in [0, 0.05) is 4.88 Å². The van der Waals surface area contributed by atoms with Crippen molar-refractivity contribution in [1.29, 1.82) is 0 Å². The summed E-state index contributed by atoms with van der Waals surface area (Å²) in [6.07, 6.45) is 0. The van der Waals surface area contributed by atoms with E-state index >= 15 is 0 Å². The topological polar surface area (TPSA) is 58.2 Å². The molecule has 0 fully saturated rings. The third kappa shape index (κ3) is 3.33. The highest BCUT2D eigenvalue weighted by Crippen LogP contribution is 2.15. The summed E-state index contributed by atoms with van der Waals surface area (Å²) in [5, 5.41) is 0.334. The molecule has 0 spiro atoms. The van der Waals surface area contributed by atoms with Crippen molar-refractivity contribution in [3.63, 3.8) is 0 Å². The molecule has 0 bridgehead atoms. The van der Waals surface area contributed by atoms with Crippen LogP contribution in [-0.2, 0) is 0 Å². The fraction of sp³-hybridized carbons (Fsp3) is 0.0769. The van der Waals surface area contributed by atoms with Crippen LogP contribution < -0.4 is 10.9 Å². The number of rotatable bonds is 2. The highest BCUT2D eigenvalue weighted by atomic mass is 35.5. The van der Waals surface area contributed by atoms with Crippen LogP contribution in [0, 0.1) is 6.92 Å². The first-order valence-electron chi connectivity index (χ1n) is 5.49. The number of hydrogen-bond donors (Lipinski definition) is 2. The number of halogens is 1. The van der Waals surface area contributed by atoms with Crippen molar-refractivity contribution in [3.8, 4) is 0 Å². The Hall–Kier alpha value is -1.85. The first kappa shape index (κ1) is 13.6. The Kier molecular flexibility index (Phi) is 4.19. The first-order chi connectivity index (χ1) is 9.08. The van der Waals surface area contributed by atoms with Gasteiger partial charge in [-0.1, -0.05) is 23.7 Å². The number of carbonyl (C=O) groups is 2. The predicted molar refractivity (Wildman–Crippen MR) is 75.4 cm³/mol. The molecule has 2 aromatic rings. The number of thiophene rings is 1. The molecule has 0 radical (unpaired) electrons. The highest BCUT2D eigenvalue weighted by Gasteiger charge is 2.12. The van der Waals surface area contributed by atoms with Crippen molar-refractivity contribution in [2.75, 3.05) is 0 Å². The Morgan fingerprint density at radius 3 is 2.37 bits per heavy atom. The van der Waals surface area contributed by atoms with Gasteiger partial charge < -0.3 is 0 Å². The maximum atomic E-state index is 11.8. The Balaban J connectivity index is 1.98. The van der Waals surface area contributed by atoms with Gasteiger partial charge in [-0.15, -0.1) is 11.3 Å². The summed E-state index contributed by atoms with van der Waals surface area (Å²) < 4.78 is 0. The molecule has 0 atom stereocenters. The molecular weight excluding hydrogens is 284 g/mol. The van der Waals surface area contributed by atoms with E-state index in [1.54, 1.807) is 30.3 Å². The molecule has 0 unspecified atom stereocenters. The molecule has 1 heterocycles. The molecule has 1 aromatic heterocycles. The maximum absolute atomic E-state index is 11.8. The zero-order chi connectivity index (χ0) is 13.8. The van der Waals surface area contributed by atoms with Crippen LogP contribution in [0.15, 0.2) is 36.4 Å². The van der Waals surface area contributed by atoms with Crippen molar-refractivity contribution in [1.82, 2.24) is 10.9 Å². The Bertz CT molecular complexity index is 625. The molecule has 1 aromatic carbocycles. The van der Waals surface area contributed by atoms with E-state index in [1.165, 1.54) is 11.3 Å². The van der Waals surface area contributed by atoms with E-state index in [-0.39, 0.29) is 5.91 Å². The number of nitrogens with one attached hydrogen (secondary N) is 2. The molecule has 19 heavy (non-hydrogen) atoms. The van der Waals surface area contributed by atoms with Crippen molar-refractivity contribution >= 4 is 34.8 Å². The van der Waals surface area contributed by atoms with Gasteiger partial charge in [0.15, 0.2) is 0 Å². The van der Waals surface area contributed by atoms with E-state index in [0.717, 1.165) is 4.88 Å². The molecule has 0 saturated heterocycles. The molecule has 4 nitrogen and oxygen atoms in total. The van der Waals surface area contributed by atoms with E-state index in [0.29, 0.717) is 15.5 Å². The molecular formula is C13H11ClN2O2S. The van der Waals surface area contributed by atoms with Crippen LogP contribution in [0.3, 0.4) is 0 Å². The van der Waals surface area contributed by atoms with Gasteiger partial charge in [-0.05, 0) is 31.2 Å². The molecule has 2 rings (SSSR count). The zero-order valence-electron chi connectivity index (χ0n) is 10.1. The van der Waals surface area contributed by atoms with E-state index in [1.807, 2.05) is 13.0 Å². The maximum Gasteiger partial charge on any atom is 0.279 e. The standard InChI is InChI=1S/C13H11ClN2O2S/c1-8-6-7-11(19-8)13(18)16-15-12(17)9-4-2-3-5-10(9)14/h2-7H,1H3,(H,15,17)(H,16,18). The largest absolute Gasteiger partial charge is 0.279 e. The van der Waals surface area contributed by atoms with Crippen LogP contribution in [0.25, 0.3) is 0 Å². The molecule has 2 N–H and O–H groups in total.